The van der Waals surface area contributed by atoms with E-state index >= 15 is 0 Å². The third-order valence-corrected chi connectivity index (χ3v) is 4.02. The van der Waals surface area contributed by atoms with Crippen LogP contribution in [0.4, 0.5) is 4.39 Å². The minimum Gasteiger partial charge on any atom is -0.294 e. The Bertz CT molecular complexity index is 405. The number of hydrogen-bond acceptors (Lipinski definition) is 1. The zero-order valence-electron chi connectivity index (χ0n) is 11.0. The maximum Gasteiger partial charge on any atom is 0.166 e. The zero-order valence-corrected chi connectivity index (χ0v) is 11.0. The summed E-state index contributed by atoms with van der Waals surface area (Å²) in [5.74, 6) is 0.719. The largest absolute Gasteiger partial charge is 0.294 e. The molecule has 0 atom stereocenters. The van der Waals surface area contributed by atoms with E-state index < -0.39 is 0 Å². The van der Waals surface area contributed by atoms with E-state index in [0.717, 1.165) is 31.6 Å². The van der Waals surface area contributed by atoms with E-state index in [2.05, 4.69) is 6.92 Å². The van der Waals surface area contributed by atoms with Crippen LogP contribution in [0.3, 0.4) is 0 Å². The van der Waals surface area contributed by atoms with Crippen LogP contribution in [0.15, 0.2) is 24.3 Å². The van der Waals surface area contributed by atoms with E-state index in [9.17, 15) is 9.18 Å². The summed E-state index contributed by atoms with van der Waals surface area (Å²) in [5, 5.41) is 0. The fraction of sp³-hybridized carbons (Fsp3) is 0.562. The van der Waals surface area contributed by atoms with Gasteiger partial charge in [-0.15, -0.1) is 0 Å². The van der Waals surface area contributed by atoms with Crippen LogP contribution in [0.2, 0.25) is 0 Å². The minimum absolute atomic E-state index is 0.111. The molecule has 0 unspecified atom stereocenters. The summed E-state index contributed by atoms with van der Waals surface area (Å²) in [6.07, 6.45) is 6.76. The summed E-state index contributed by atoms with van der Waals surface area (Å²) in [7, 11) is 0. The first-order valence-corrected chi connectivity index (χ1v) is 7.00. The lowest BCUT2D eigenvalue weighted by molar-refractivity contribution is 0.0869. The lowest BCUT2D eigenvalue weighted by Crippen LogP contribution is -2.22. The maximum atomic E-state index is 13.1. The summed E-state index contributed by atoms with van der Waals surface area (Å²) >= 11 is 0. The summed E-state index contributed by atoms with van der Waals surface area (Å²) in [5.41, 5.74) is 0.536. The Labute approximate surface area is 108 Å². The van der Waals surface area contributed by atoms with Crippen molar-refractivity contribution < 1.29 is 9.18 Å². The average molecular weight is 248 g/mol. The van der Waals surface area contributed by atoms with Crippen molar-refractivity contribution >= 4 is 5.78 Å². The van der Waals surface area contributed by atoms with Gasteiger partial charge in [-0.25, -0.2) is 4.39 Å². The first-order valence-electron chi connectivity index (χ1n) is 7.00. The average Bonchev–Trinajstić information content (AvgIpc) is 2.39. The number of ketones is 1. The molecule has 1 aliphatic carbocycles. The zero-order chi connectivity index (χ0) is 13.0. The Morgan fingerprint density at radius 1 is 1.28 bits per heavy atom. The highest BCUT2D eigenvalue weighted by molar-refractivity contribution is 5.97. The van der Waals surface area contributed by atoms with Crippen LogP contribution in [-0.4, -0.2) is 5.78 Å². The Kier molecular flexibility index (Phi) is 4.51. The van der Waals surface area contributed by atoms with Crippen LogP contribution >= 0.6 is 0 Å². The fourth-order valence-electron chi connectivity index (χ4n) is 3.00. The van der Waals surface area contributed by atoms with Crippen LogP contribution in [0.25, 0.3) is 0 Å². The normalized spacial score (nSPS) is 23.9. The van der Waals surface area contributed by atoms with E-state index in [1.165, 1.54) is 25.0 Å². The molecule has 1 fully saturated rings. The molecule has 0 aliphatic heterocycles. The Balaban J connectivity index is 1.95. The molecule has 1 aromatic carbocycles. The van der Waals surface area contributed by atoms with E-state index in [4.69, 9.17) is 0 Å². The number of benzene rings is 1. The molecule has 0 bridgehead atoms. The van der Waals surface area contributed by atoms with Crippen molar-refractivity contribution in [3.05, 3.63) is 35.6 Å². The molecule has 1 nitrogen and oxygen atoms in total. The number of Topliss-reactive ketones (excluding diaryl/α,β-unsaturated/α-hetero) is 1. The van der Waals surface area contributed by atoms with Crippen LogP contribution in [0.1, 0.15) is 55.8 Å². The Morgan fingerprint density at radius 2 is 2.00 bits per heavy atom. The standard InChI is InChI=1S/C16H21FO/c1-2-4-12-7-9-13(10-8-12)16(18)14-5-3-6-15(17)11-14/h3,5-6,11-13H,2,4,7-10H2,1H3. The van der Waals surface area contributed by atoms with E-state index in [1.54, 1.807) is 12.1 Å². The predicted octanol–water partition coefficient (Wildman–Crippen LogP) is 4.61. The Morgan fingerprint density at radius 3 is 2.61 bits per heavy atom. The van der Waals surface area contributed by atoms with Gasteiger partial charge in [0, 0.05) is 11.5 Å². The number of carbonyl (C=O) groups excluding carboxylic acids is 1. The molecule has 98 valence electrons. The van der Waals surface area contributed by atoms with Gasteiger partial charge in [-0.05, 0) is 43.7 Å². The van der Waals surface area contributed by atoms with Crippen LogP contribution < -0.4 is 0 Å². The molecular formula is C16H21FO. The molecule has 0 N–H and O–H groups in total. The number of rotatable bonds is 4. The SMILES string of the molecule is CCCC1CCC(C(=O)c2cccc(F)c2)CC1. The molecule has 0 amide bonds. The summed E-state index contributed by atoms with van der Waals surface area (Å²) in [6.45, 7) is 2.21. The van der Waals surface area contributed by atoms with E-state index in [-0.39, 0.29) is 17.5 Å². The van der Waals surface area contributed by atoms with Crippen LogP contribution in [0.5, 0.6) is 0 Å². The van der Waals surface area contributed by atoms with Crippen molar-refractivity contribution in [2.75, 3.05) is 0 Å². The highest BCUT2D eigenvalue weighted by Gasteiger charge is 2.26. The third kappa shape index (κ3) is 3.18. The summed E-state index contributed by atoms with van der Waals surface area (Å²) < 4.78 is 13.1. The highest BCUT2D eigenvalue weighted by Crippen LogP contribution is 2.33. The second kappa shape index (κ2) is 6.12. The van der Waals surface area contributed by atoms with Crippen molar-refractivity contribution in [3.63, 3.8) is 0 Å². The molecule has 1 saturated carbocycles. The molecule has 0 heterocycles. The molecule has 2 heteroatoms. The van der Waals surface area contributed by atoms with Gasteiger partial charge in [-0.2, -0.15) is 0 Å². The third-order valence-electron chi connectivity index (χ3n) is 4.02. The van der Waals surface area contributed by atoms with E-state index in [0.29, 0.717) is 5.56 Å². The molecule has 0 aromatic heterocycles. The molecule has 1 aromatic rings. The number of hydrogen-bond donors (Lipinski definition) is 0. The van der Waals surface area contributed by atoms with Gasteiger partial charge in [0.2, 0.25) is 0 Å². The van der Waals surface area contributed by atoms with Crippen molar-refractivity contribution in [3.8, 4) is 0 Å². The lowest BCUT2D eigenvalue weighted by Gasteiger charge is -2.27. The quantitative estimate of drug-likeness (QED) is 0.711. The highest BCUT2D eigenvalue weighted by atomic mass is 19.1. The van der Waals surface area contributed by atoms with Crippen molar-refractivity contribution in [1.82, 2.24) is 0 Å². The topological polar surface area (TPSA) is 17.1 Å². The van der Waals surface area contributed by atoms with Gasteiger partial charge in [0.1, 0.15) is 5.82 Å². The molecule has 18 heavy (non-hydrogen) atoms. The second-order valence-electron chi connectivity index (χ2n) is 5.38. The van der Waals surface area contributed by atoms with Gasteiger partial charge in [0.25, 0.3) is 0 Å². The van der Waals surface area contributed by atoms with Gasteiger partial charge in [-0.3, -0.25) is 4.79 Å². The molecule has 0 spiro atoms. The van der Waals surface area contributed by atoms with Crippen LogP contribution in [-0.2, 0) is 0 Å². The van der Waals surface area contributed by atoms with Crippen molar-refractivity contribution in [2.24, 2.45) is 11.8 Å². The molecule has 1 aliphatic rings. The lowest BCUT2D eigenvalue weighted by atomic mass is 9.77. The monoisotopic (exact) mass is 248 g/mol. The maximum absolute atomic E-state index is 13.1. The Hall–Kier alpha value is -1.18. The van der Waals surface area contributed by atoms with Crippen LogP contribution in [0, 0.1) is 17.7 Å². The van der Waals surface area contributed by atoms with Gasteiger partial charge in [0.05, 0.1) is 0 Å². The number of halogens is 1. The first kappa shape index (κ1) is 13.3. The first-order chi connectivity index (χ1) is 8.70. The second-order valence-corrected chi connectivity index (χ2v) is 5.38. The van der Waals surface area contributed by atoms with E-state index in [1.807, 2.05) is 0 Å². The van der Waals surface area contributed by atoms with Crippen molar-refractivity contribution in [1.29, 1.82) is 0 Å². The van der Waals surface area contributed by atoms with Gasteiger partial charge in [-0.1, -0.05) is 31.9 Å². The molecular weight excluding hydrogens is 227 g/mol. The molecule has 0 radical (unpaired) electrons. The smallest absolute Gasteiger partial charge is 0.166 e. The van der Waals surface area contributed by atoms with Gasteiger partial charge in [0.15, 0.2) is 5.78 Å². The fourth-order valence-corrected chi connectivity index (χ4v) is 3.00. The summed E-state index contributed by atoms with van der Waals surface area (Å²) in [4.78, 5) is 12.2. The van der Waals surface area contributed by atoms with Gasteiger partial charge < -0.3 is 0 Å². The summed E-state index contributed by atoms with van der Waals surface area (Å²) in [6, 6.07) is 6.09. The minimum atomic E-state index is -0.319. The van der Waals surface area contributed by atoms with Gasteiger partial charge >= 0.3 is 0 Å². The predicted molar refractivity (Wildman–Crippen MR) is 71.1 cm³/mol. The van der Waals surface area contributed by atoms with Crippen molar-refractivity contribution in [2.45, 2.75) is 45.4 Å². The number of carbonyl (C=O) groups is 1. The molecule has 0 saturated heterocycles. The molecule has 2 rings (SSSR count).